The Morgan fingerprint density at radius 1 is 0.750 bits per heavy atom. The summed E-state index contributed by atoms with van der Waals surface area (Å²) in [6, 6.07) is 9.94. The zero-order valence-electron chi connectivity index (χ0n) is 16.9. The minimum atomic E-state index is -0.0727. The molecular weight excluding hydrogens is 360 g/mol. The van der Waals surface area contributed by atoms with Crippen LogP contribution in [0, 0.1) is 11.8 Å². The van der Waals surface area contributed by atoms with Gasteiger partial charge in [0.15, 0.2) is 23.0 Å². The van der Waals surface area contributed by atoms with Crippen LogP contribution < -0.4 is 23.7 Å². The lowest BCUT2D eigenvalue weighted by atomic mass is 9.85. The molecule has 4 rings (SSSR count). The number of fused-ring (bicyclic) bond motifs is 1. The second-order valence-corrected chi connectivity index (χ2v) is 7.27. The molecule has 2 aliphatic rings. The summed E-state index contributed by atoms with van der Waals surface area (Å²) in [6.07, 6.45) is -0.118. The van der Waals surface area contributed by atoms with Crippen molar-refractivity contribution in [1.82, 2.24) is 0 Å². The molecule has 2 aromatic carbocycles. The van der Waals surface area contributed by atoms with Gasteiger partial charge in [0.05, 0.1) is 33.5 Å². The number of ether oxygens (including phenoxy) is 6. The summed E-state index contributed by atoms with van der Waals surface area (Å²) in [5.74, 6) is 4.07. The molecule has 0 amide bonds. The third kappa shape index (κ3) is 3.02. The quantitative estimate of drug-likeness (QED) is 0.753. The van der Waals surface area contributed by atoms with Crippen LogP contribution in [-0.2, 0) is 4.74 Å². The lowest BCUT2D eigenvalue weighted by Gasteiger charge is -2.18. The molecule has 0 radical (unpaired) electrons. The van der Waals surface area contributed by atoms with Crippen LogP contribution >= 0.6 is 0 Å². The number of methoxy groups -OCH3 is 3. The first-order chi connectivity index (χ1) is 13.6. The Morgan fingerprint density at radius 3 is 2.07 bits per heavy atom. The van der Waals surface area contributed by atoms with Crippen molar-refractivity contribution in [3.05, 3.63) is 41.5 Å². The smallest absolute Gasteiger partial charge is 0.231 e. The van der Waals surface area contributed by atoms with Crippen molar-refractivity contribution in [3.8, 4) is 28.7 Å². The van der Waals surface area contributed by atoms with Crippen molar-refractivity contribution in [1.29, 1.82) is 0 Å². The van der Waals surface area contributed by atoms with Crippen molar-refractivity contribution >= 4 is 0 Å². The third-order valence-corrected chi connectivity index (χ3v) is 5.82. The highest BCUT2D eigenvalue weighted by Crippen LogP contribution is 2.52. The lowest BCUT2D eigenvalue weighted by Crippen LogP contribution is -2.10. The molecule has 1 fully saturated rings. The van der Waals surface area contributed by atoms with Gasteiger partial charge < -0.3 is 28.4 Å². The monoisotopic (exact) mass is 386 g/mol. The van der Waals surface area contributed by atoms with Gasteiger partial charge in [-0.2, -0.15) is 0 Å². The molecule has 150 valence electrons. The summed E-state index contributed by atoms with van der Waals surface area (Å²) >= 11 is 0. The molecule has 0 aromatic heterocycles. The van der Waals surface area contributed by atoms with E-state index in [0.29, 0.717) is 40.6 Å². The molecule has 4 atom stereocenters. The highest BCUT2D eigenvalue weighted by atomic mass is 16.7. The first-order valence-electron chi connectivity index (χ1n) is 9.42. The maximum absolute atomic E-state index is 6.54. The molecule has 6 nitrogen and oxygen atoms in total. The number of hydrogen-bond donors (Lipinski definition) is 0. The molecule has 6 heteroatoms. The van der Waals surface area contributed by atoms with Gasteiger partial charge in [0, 0.05) is 0 Å². The molecule has 2 heterocycles. The van der Waals surface area contributed by atoms with Gasteiger partial charge in [0.2, 0.25) is 12.5 Å². The Labute approximate surface area is 165 Å². The lowest BCUT2D eigenvalue weighted by molar-refractivity contribution is 0.0287. The van der Waals surface area contributed by atoms with E-state index in [0.717, 1.165) is 11.1 Å². The summed E-state index contributed by atoms with van der Waals surface area (Å²) in [5.41, 5.74) is 2.11. The van der Waals surface area contributed by atoms with E-state index in [2.05, 4.69) is 13.8 Å². The van der Waals surface area contributed by atoms with Crippen molar-refractivity contribution in [2.24, 2.45) is 11.8 Å². The summed E-state index contributed by atoms with van der Waals surface area (Å²) in [6.45, 7) is 4.64. The molecule has 1 saturated heterocycles. The van der Waals surface area contributed by atoms with Crippen molar-refractivity contribution in [3.63, 3.8) is 0 Å². The predicted molar refractivity (Wildman–Crippen MR) is 104 cm³/mol. The van der Waals surface area contributed by atoms with E-state index in [9.17, 15) is 0 Å². The van der Waals surface area contributed by atoms with E-state index in [1.54, 1.807) is 21.3 Å². The fraction of sp³-hybridized carbons (Fsp3) is 0.455. The van der Waals surface area contributed by atoms with Crippen molar-refractivity contribution in [2.75, 3.05) is 28.1 Å². The summed E-state index contributed by atoms with van der Waals surface area (Å²) in [7, 11) is 4.91. The molecule has 28 heavy (non-hydrogen) atoms. The topological polar surface area (TPSA) is 55.4 Å². The Bertz CT molecular complexity index is 864. The molecular formula is C22H26O6. The Morgan fingerprint density at radius 2 is 1.39 bits per heavy atom. The van der Waals surface area contributed by atoms with E-state index in [1.165, 1.54) is 0 Å². The molecule has 0 bridgehead atoms. The van der Waals surface area contributed by atoms with E-state index in [-0.39, 0.29) is 19.0 Å². The molecule has 2 aliphatic heterocycles. The van der Waals surface area contributed by atoms with E-state index >= 15 is 0 Å². The Balaban J connectivity index is 1.66. The van der Waals surface area contributed by atoms with Gasteiger partial charge >= 0.3 is 0 Å². The van der Waals surface area contributed by atoms with Gasteiger partial charge in [0.1, 0.15) is 0 Å². The van der Waals surface area contributed by atoms with E-state index in [1.807, 2.05) is 30.3 Å². The molecule has 0 aliphatic carbocycles. The standard InChI is InChI=1S/C22H26O6/c1-12-13(2)21(15-9-18(25-5)22-19(10-15)26-11-27-22)28-20(12)14-6-7-16(23-3)17(8-14)24-4/h6-10,12-13,20-21H,11H2,1-5H3/t12-,13+,20-,21+/m0/s1. The zero-order chi connectivity index (χ0) is 19.8. The van der Waals surface area contributed by atoms with Crippen LogP contribution in [0.5, 0.6) is 28.7 Å². The largest absolute Gasteiger partial charge is 0.493 e. The molecule has 0 spiro atoms. The second kappa shape index (κ2) is 7.43. The molecule has 2 aromatic rings. The predicted octanol–water partition coefficient (Wildman–Crippen LogP) is 4.53. The van der Waals surface area contributed by atoms with Crippen LogP contribution in [0.1, 0.15) is 37.2 Å². The Hall–Kier alpha value is -2.60. The number of benzene rings is 2. The summed E-state index contributed by atoms with van der Waals surface area (Å²) in [4.78, 5) is 0. The van der Waals surface area contributed by atoms with Gasteiger partial charge in [-0.1, -0.05) is 19.9 Å². The van der Waals surface area contributed by atoms with Crippen LogP contribution in [0.2, 0.25) is 0 Å². The summed E-state index contributed by atoms with van der Waals surface area (Å²) < 4.78 is 33.9. The normalized spacial score (nSPS) is 25.6. The fourth-order valence-corrected chi connectivity index (χ4v) is 4.07. The average Bonchev–Trinajstić information content (AvgIpc) is 3.31. The zero-order valence-corrected chi connectivity index (χ0v) is 16.9. The van der Waals surface area contributed by atoms with Gasteiger partial charge in [-0.25, -0.2) is 0 Å². The summed E-state index contributed by atoms with van der Waals surface area (Å²) in [5, 5.41) is 0. The van der Waals surface area contributed by atoms with Crippen LogP contribution in [0.25, 0.3) is 0 Å². The second-order valence-electron chi connectivity index (χ2n) is 7.27. The van der Waals surface area contributed by atoms with Crippen LogP contribution in [0.3, 0.4) is 0 Å². The fourth-order valence-electron chi connectivity index (χ4n) is 4.07. The number of rotatable bonds is 5. The van der Waals surface area contributed by atoms with Gasteiger partial charge in [-0.05, 0) is 47.2 Å². The van der Waals surface area contributed by atoms with E-state index in [4.69, 9.17) is 28.4 Å². The maximum atomic E-state index is 6.54. The molecule has 0 unspecified atom stereocenters. The van der Waals surface area contributed by atoms with Gasteiger partial charge in [-0.3, -0.25) is 0 Å². The average molecular weight is 386 g/mol. The third-order valence-electron chi connectivity index (χ3n) is 5.82. The van der Waals surface area contributed by atoms with E-state index < -0.39 is 0 Å². The minimum absolute atomic E-state index is 0.0452. The SMILES string of the molecule is COc1ccc([C@H]2O[C@@H](c3cc(OC)c4c(c3)OCO4)[C@H](C)[C@@H]2C)cc1OC. The Kier molecular flexibility index (Phi) is 4.98. The molecule has 0 saturated carbocycles. The van der Waals surface area contributed by atoms with Gasteiger partial charge in [-0.15, -0.1) is 0 Å². The first-order valence-corrected chi connectivity index (χ1v) is 9.42. The van der Waals surface area contributed by atoms with Crippen LogP contribution in [0.4, 0.5) is 0 Å². The van der Waals surface area contributed by atoms with Crippen molar-refractivity contribution < 1.29 is 28.4 Å². The number of hydrogen-bond acceptors (Lipinski definition) is 6. The highest BCUT2D eigenvalue weighted by molar-refractivity contribution is 5.55. The molecule has 0 N–H and O–H groups in total. The van der Waals surface area contributed by atoms with Gasteiger partial charge in [0.25, 0.3) is 0 Å². The van der Waals surface area contributed by atoms with Crippen LogP contribution in [-0.4, -0.2) is 28.1 Å². The minimum Gasteiger partial charge on any atom is -0.493 e. The first kappa shape index (κ1) is 18.7. The highest BCUT2D eigenvalue weighted by Gasteiger charge is 2.41. The maximum Gasteiger partial charge on any atom is 0.231 e. The van der Waals surface area contributed by atoms with Crippen molar-refractivity contribution in [2.45, 2.75) is 26.1 Å². The van der Waals surface area contributed by atoms with Crippen LogP contribution in [0.15, 0.2) is 30.3 Å².